The van der Waals surface area contributed by atoms with Crippen molar-refractivity contribution in [2.45, 2.75) is 30.8 Å². The molecule has 0 aliphatic heterocycles. The van der Waals surface area contributed by atoms with Gasteiger partial charge in [0.05, 0.1) is 17.4 Å². The predicted molar refractivity (Wildman–Crippen MR) is 128 cm³/mol. The zero-order chi connectivity index (χ0) is 25.6. The first kappa shape index (κ1) is 26.3. The van der Waals surface area contributed by atoms with Crippen LogP contribution in [0.2, 0.25) is 5.02 Å². The molecule has 1 unspecified atom stereocenters. The number of hydrogen-bond acceptors (Lipinski definition) is 5. The van der Waals surface area contributed by atoms with Crippen LogP contribution in [0, 0.1) is 0 Å². The highest BCUT2D eigenvalue weighted by Crippen LogP contribution is 2.30. The Morgan fingerprint density at radius 3 is 2.63 bits per heavy atom. The molecule has 0 saturated carbocycles. The molecule has 3 aromatic rings. The lowest BCUT2D eigenvalue weighted by molar-refractivity contribution is -0.137. The number of alkyl halides is 3. The molecule has 1 heterocycles. The van der Waals surface area contributed by atoms with E-state index in [-0.39, 0.29) is 17.3 Å². The average molecular weight is 524 g/mol. The van der Waals surface area contributed by atoms with Crippen molar-refractivity contribution in [1.82, 2.24) is 20.1 Å². The van der Waals surface area contributed by atoms with Gasteiger partial charge in [0.1, 0.15) is 0 Å². The molecule has 2 aromatic carbocycles. The Labute approximate surface area is 208 Å². The van der Waals surface area contributed by atoms with E-state index in [9.17, 15) is 22.8 Å². The highest BCUT2D eigenvalue weighted by Gasteiger charge is 2.30. The Bertz CT molecular complexity index is 1230. The maximum atomic E-state index is 12.9. The smallest absolute Gasteiger partial charge is 0.342 e. The molecule has 0 saturated heterocycles. The summed E-state index contributed by atoms with van der Waals surface area (Å²) >= 11 is 7.01. The average Bonchev–Trinajstić information content (AvgIpc) is 3.20. The number of rotatable bonds is 9. The lowest BCUT2D eigenvalue weighted by atomic mass is 10.2. The molecule has 0 fully saturated rings. The van der Waals surface area contributed by atoms with Gasteiger partial charge in [-0.25, -0.2) is 0 Å². The minimum absolute atomic E-state index is 0.0380. The summed E-state index contributed by atoms with van der Waals surface area (Å²) in [5.74, 6) is -0.523. The molecule has 0 aliphatic rings. The minimum Gasteiger partial charge on any atom is -0.342 e. The number of hydrogen-bond donors (Lipinski definition) is 2. The van der Waals surface area contributed by atoms with Crippen molar-refractivity contribution in [3.05, 3.63) is 83.2 Å². The fourth-order valence-corrected chi connectivity index (χ4v) is 4.05. The maximum absolute atomic E-state index is 12.9. The SMILES string of the molecule is C=CCn1c(SCC(=O)Nc2cccc(C(F)(F)F)c2)nnc1C(C)NC(=O)c1cccc(Cl)c1. The van der Waals surface area contributed by atoms with Crippen LogP contribution in [0.25, 0.3) is 0 Å². The Morgan fingerprint density at radius 1 is 1.20 bits per heavy atom. The first-order valence-electron chi connectivity index (χ1n) is 10.3. The third-order valence-corrected chi connectivity index (χ3v) is 5.89. The van der Waals surface area contributed by atoms with Crippen molar-refractivity contribution in [3.8, 4) is 0 Å². The fourth-order valence-electron chi connectivity index (χ4n) is 3.10. The zero-order valence-corrected chi connectivity index (χ0v) is 20.0. The Balaban J connectivity index is 1.66. The molecule has 1 atom stereocenters. The van der Waals surface area contributed by atoms with E-state index in [1.54, 1.807) is 41.8 Å². The number of amides is 2. The van der Waals surface area contributed by atoms with Gasteiger partial charge in [0, 0.05) is 22.8 Å². The quantitative estimate of drug-likeness (QED) is 0.291. The normalized spacial score (nSPS) is 12.1. The molecule has 1 aromatic heterocycles. The van der Waals surface area contributed by atoms with Gasteiger partial charge in [0.2, 0.25) is 5.91 Å². The topological polar surface area (TPSA) is 88.9 Å². The number of anilines is 1. The molecule has 0 aliphatic carbocycles. The van der Waals surface area contributed by atoms with E-state index in [1.807, 2.05) is 0 Å². The van der Waals surface area contributed by atoms with Crippen LogP contribution in [0.1, 0.15) is 34.7 Å². The monoisotopic (exact) mass is 523 g/mol. The molecule has 0 radical (unpaired) electrons. The fraction of sp³-hybridized carbons (Fsp3) is 0.217. The van der Waals surface area contributed by atoms with E-state index in [4.69, 9.17) is 11.6 Å². The third kappa shape index (κ3) is 7.09. The van der Waals surface area contributed by atoms with Crippen molar-refractivity contribution >= 4 is 40.9 Å². The van der Waals surface area contributed by atoms with E-state index in [1.165, 1.54) is 12.1 Å². The van der Waals surface area contributed by atoms with Crippen LogP contribution in [0.4, 0.5) is 18.9 Å². The highest BCUT2D eigenvalue weighted by atomic mass is 35.5. The summed E-state index contributed by atoms with van der Waals surface area (Å²) in [4.78, 5) is 24.9. The first-order valence-corrected chi connectivity index (χ1v) is 11.6. The number of thioether (sulfide) groups is 1. The number of allylic oxidation sites excluding steroid dienone is 1. The largest absolute Gasteiger partial charge is 0.416 e. The van der Waals surface area contributed by atoms with Gasteiger partial charge in [0.25, 0.3) is 5.91 Å². The molecule has 2 N–H and O–H groups in total. The Morgan fingerprint density at radius 2 is 1.94 bits per heavy atom. The second kappa shape index (κ2) is 11.4. The van der Waals surface area contributed by atoms with E-state index in [0.717, 1.165) is 23.9 Å². The van der Waals surface area contributed by atoms with Crippen molar-refractivity contribution in [1.29, 1.82) is 0 Å². The van der Waals surface area contributed by atoms with Gasteiger partial charge >= 0.3 is 6.18 Å². The number of aromatic nitrogens is 3. The van der Waals surface area contributed by atoms with Crippen LogP contribution in [-0.4, -0.2) is 32.3 Å². The number of carbonyl (C=O) groups excluding carboxylic acids is 2. The molecular formula is C23H21ClF3N5O2S. The molecule has 12 heteroatoms. The summed E-state index contributed by atoms with van der Waals surface area (Å²) in [6.07, 6.45) is -2.89. The maximum Gasteiger partial charge on any atom is 0.416 e. The van der Waals surface area contributed by atoms with E-state index >= 15 is 0 Å². The molecular weight excluding hydrogens is 503 g/mol. The van der Waals surface area contributed by atoms with Gasteiger partial charge in [-0.1, -0.05) is 41.6 Å². The van der Waals surface area contributed by atoms with E-state index in [2.05, 4.69) is 27.4 Å². The molecule has 184 valence electrons. The summed E-state index contributed by atoms with van der Waals surface area (Å²) in [6, 6.07) is 10.4. The molecule has 0 spiro atoms. The van der Waals surface area contributed by atoms with Crippen LogP contribution in [-0.2, 0) is 17.5 Å². The lowest BCUT2D eigenvalue weighted by Crippen LogP contribution is -2.28. The number of nitrogens with one attached hydrogen (secondary N) is 2. The summed E-state index contributed by atoms with van der Waals surface area (Å²) in [5.41, 5.74) is -0.428. The van der Waals surface area contributed by atoms with E-state index in [0.29, 0.717) is 28.1 Å². The van der Waals surface area contributed by atoms with Crippen LogP contribution in [0.15, 0.2) is 66.3 Å². The van der Waals surface area contributed by atoms with Crippen LogP contribution in [0.3, 0.4) is 0 Å². The van der Waals surface area contributed by atoms with Gasteiger partial charge in [-0.3, -0.25) is 9.59 Å². The minimum atomic E-state index is -4.51. The Kier molecular flexibility index (Phi) is 8.57. The van der Waals surface area contributed by atoms with Crippen LogP contribution < -0.4 is 10.6 Å². The number of carbonyl (C=O) groups is 2. The highest BCUT2D eigenvalue weighted by molar-refractivity contribution is 7.99. The Hall–Kier alpha value is -3.31. The lowest BCUT2D eigenvalue weighted by Gasteiger charge is -2.15. The molecule has 0 bridgehead atoms. The summed E-state index contributed by atoms with van der Waals surface area (Å²) in [6.45, 7) is 5.77. The number of halogens is 4. The summed E-state index contributed by atoms with van der Waals surface area (Å²) in [5, 5.41) is 14.4. The van der Waals surface area contributed by atoms with Crippen molar-refractivity contribution in [3.63, 3.8) is 0 Å². The standard InChI is InChI=1S/C23H21ClF3N5O2S/c1-3-10-32-20(14(2)28-21(34)15-6-4-8-17(24)11-15)30-31-22(32)35-13-19(33)29-18-9-5-7-16(12-18)23(25,26)27/h3-9,11-12,14H,1,10,13H2,2H3,(H,28,34)(H,29,33). The molecule has 35 heavy (non-hydrogen) atoms. The van der Waals surface area contributed by atoms with Crippen molar-refractivity contribution in [2.24, 2.45) is 0 Å². The molecule has 2 amide bonds. The predicted octanol–water partition coefficient (Wildman–Crippen LogP) is 5.36. The number of nitrogens with zero attached hydrogens (tertiary/aromatic N) is 3. The zero-order valence-electron chi connectivity index (χ0n) is 18.5. The van der Waals surface area contributed by atoms with Crippen LogP contribution >= 0.6 is 23.4 Å². The summed E-state index contributed by atoms with van der Waals surface area (Å²) < 4.78 is 40.3. The summed E-state index contributed by atoms with van der Waals surface area (Å²) in [7, 11) is 0. The van der Waals surface area contributed by atoms with Crippen LogP contribution in [0.5, 0.6) is 0 Å². The molecule has 7 nitrogen and oxygen atoms in total. The van der Waals surface area contributed by atoms with Crippen molar-refractivity contribution in [2.75, 3.05) is 11.1 Å². The van der Waals surface area contributed by atoms with Crippen molar-refractivity contribution < 1.29 is 22.8 Å². The van der Waals surface area contributed by atoms with Gasteiger partial charge in [-0.15, -0.1) is 16.8 Å². The second-order valence-electron chi connectivity index (χ2n) is 7.36. The van der Waals surface area contributed by atoms with E-state index < -0.39 is 23.7 Å². The van der Waals surface area contributed by atoms with Gasteiger partial charge in [0.15, 0.2) is 11.0 Å². The van der Waals surface area contributed by atoms with Gasteiger partial charge in [-0.2, -0.15) is 13.2 Å². The third-order valence-electron chi connectivity index (χ3n) is 4.68. The van der Waals surface area contributed by atoms with Gasteiger partial charge in [-0.05, 0) is 43.3 Å². The second-order valence-corrected chi connectivity index (χ2v) is 8.74. The molecule has 3 rings (SSSR count). The number of benzene rings is 2. The van der Waals surface area contributed by atoms with Gasteiger partial charge < -0.3 is 15.2 Å². The first-order chi connectivity index (χ1) is 16.6.